The van der Waals surface area contributed by atoms with Crippen molar-refractivity contribution in [3.05, 3.63) is 94.7 Å². The molecule has 0 bridgehead atoms. The van der Waals surface area contributed by atoms with Crippen molar-refractivity contribution >= 4 is 35.3 Å². The molecule has 0 radical (unpaired) electrons. The number of carbonyl (C=O) groups is 2. The SMILES string of the molecule is O=C(CN1C(=O)/C(=C/c2ccc(C(F)(F)F)cc2)Sc2ccccc21)NCc1ccccn1. The maximum absolute atomic E-state index is 13.2. The summed E-state index contributed by atoms with van der Waals surface area (Å²) in [5, 5.41) is 2.75. The average molecular weight is 469 g/mol. The Morgan fingerprint density at radius 1 is 1.03 bits per heavy atom. The monoisotopic (exact) mass is 469 g/mol. The number of rotatable bonds is 5. The van der Waals surface area contributed by atoms with E-state index >= 15 is 0 Å². The number of para-hydroxylation sites is 1. The van der Waals surface area contributed by atoms with Gasteiger partial charge >= 0.3 is 6.18 Å². The van der Waals surface area contributed by atoms with Gasteiger partial charge in [-0.3, -0.25) is 19.5 Å². The summed E-state index contributed by atoms with van der Waals surface area (Å²) < 4.78 is 38.5. The van der Waals surface area contributed by atoms with Gasteiger partial charge in [0.2, 0.25) is 5.91 Å². The minimum atomic E-state index is -4.43. The quantitative estimate of drug-likeness (QED) is 0.540. The number of carbonyl (C=O) groups excluding carboxylic acids is 2. The van der Waals surface area contributed by atoms with E-state index in [-0.39, 0.29) is 19.0 Å². The van der Waals surface area contributed by atoms with Crippen LogP contribution in [-0.2, 0) is 22.3 Å². The predicted molar refractivity (Wildman–Crippen MR) is 120 cm³/mol. The minimum absolute atomic E-state index is 0.201. The van der Waals surface area contributed by atoms with E-state index in [0.717, 1.165) is 17.0 Å². The van der Waals surface area contributed by atoms with Crippen LogP contribution in [0.1, 0.15) is 16.8 Å². The molecule has 0 fully saturated rings. The van der Waals surface area contributed by atoms with Gasteiger partial charge in [-0.1, -0.05) is 42.1 Å². The molecule has 1 N–H and O–H groups in total. The van der Waals surface area contributed by atoms with Crippen LogP contribution in [-0.4, -0.2) is 23.3 Å². The van der Waals surface area contributed by atoms with Crippen molar-refractivity contribution in [1.29, 1.82) is 0 Å². The zero-order chi connectivity index (χ0) is 23.4. The summed E-state index contributed by atoms with van der Waals surface area (Å²) in [6, 6.07) is 17.1. The number of hydrogen-bond donors (Lipinski definition) is 1. The number of thioether (sulfide) groups is 1. The van der Waals surface area contributed by atoms with Crippen LogP contribution in [0.3, 0.4) is 0 Å². The maximum atomic E-state index is 13.2. The van der Waals surface area contributed by atoms with Crippen LogP contribution in [0.15, 0.2) is 82.7 Å². The maximum Gasteiger partial charge on any atom is 0.416 e. The Hall–Kier alpha value is -3.59. The first-order valence-electron chi connectivity index (χ1n) is 9.95. The van der Waals surface area contributed by atoms with Crippen LogP contribution in [0.5, 0.6) is 0 Å². The van der Waals surface area contributed by atoms with Gasteiger partial charge in [-0.25, -0.2) is 0 Å². The zero-order valence-corrected chi connectivity index (χ0v) is 18.0. The Bertz CT molecular complexity index is 1200. The number of pyridine rings is 1. The van der Waals surface area contributed by atoms with Crippen LogP contribution < -0.4 is 10.2 Å². The van der Waals surface area contributed by atoms with E-state index in [1.165, 1.54) is 34.9 Å². The molecular weight excluding hydrogens is 451 g/mol. The standard InChI is InChI=1S/C24H18F3N3O2S/c25-24(26,27)17-10-8-16(9-11-17)13-21-23(32)30(19-6-1-2-7-20(19)33-21)15-22(31)29-14-18-5-3-4-12-28-18/h1-13H,14-15H2,(H,29,31)/b21-13-. The minimum Gasteiger partial charge on any atom is -0.349 e. The number of nitrogens with one attached hydrogen (secondary N) is 1. The molecule has 2 aromatic carbocycles. The number of amides is 2. The topological polar surface area (TPSA) is 62.3 Å². The summed E-state index contributed by atoms with van der Waals surface area (Å²) in [5.41, 5.74) is 0.987. The highest BCUT2D eigenvalue weighted by molar-refractivity contribution is 8.04. The Morgan fingerprint density at radius 3 is 2.45 bits per heavy atom. The number of nitrogens with zero attached hydrogens (tertiary/aromatic N) is 2. The summed E-state index contributed by atoms with van der Waals surface area (Å²) >= 11 is 1.22. The van der Waals surface area contributed by atoms with Gasteiger partial charge in [0.05, 0.1) is 28.4 Å². The molecule has 9 heteroatoms. The lowest BCUT2D eigenvalue weighted by molar-refractivity contribution is -0.137. The van der Waals surface area contributed by atoms with Gasteiger partial charge in [-0.05, 0) is 48.0 Å². The molecule has 0 aliphatic carbocycles. The van der Waals surface area contributed by atoms with Gasteiger partial charge in [0.15, 0.2) is 0 Å². The number of benzene rings is 2. The van der Waals surface area contributed by atoms with Gasteiger partial charge in [0.1, 0.15) is 6.54 Å². The molecule has 1 aliphatic heterocycles. The van der Waals surface area contributed by atoms with Crippen molar-refractivity contribution < 1.29 is 22.8 Å². The van der Waals surface area contributed by atoms with Gasteiger partial charge in [0, 0.05) is 11.1 Å². The second-order valence-corrected chi connectivity index (χ2v) is 8.27. The summed E-state index contributed by atoms with van der Waals surface area (Å²) in [5.74, 6) is -0.754. The third-order valence-corrected chi connectivity index (χ3v) is 5.94. The van der Waals surface area contributed by atoms with Gasteiger partial charge < -0.3 is 5.32 Å². The van der Waals surface area contributed by atoms with E-state index in [4.69, 9.17) is 0 Å². The molecular formula is C24H18F3N3O2S. The number of anilines is 1. The molecule has 5 nitrogen and oxygen atoms in total. The fourth-order valence-electron chi connectivity index (χ4n) is 3.23. The summed E-state index contributed by atoms with van der Waals surface area (Å²) in [4.78, 5) is 32.4. The van der Waals surface area contributed by atoms with Crippen molar-refractivity contribution in [2.45, 2.75) is 17.6 Å². The number of aromatic nitrogens is 1. The van der Waals surface area contributed by atoms with Crippen molar-refractivity contribution in [2.24, 2.45) is 0 Å². The Morgan fingerprint density at radius 2 is 1.76 bits per heavy atom. The zero-order valence-electron chi connectivity index (χ0n) is 17.2. The number of halogens is 3. The second kappa shape index (κ2) is 9.50. The molecule has 0 saturated carbocycles. The van der Waals surface area contributed by atoms with Crippen LogP contribution >= 0.6 is 11.8 Å². The largest absolute Gasteiger partial charge is 0.416 e. The lowest BCUT2D eigenvalue weighted by atomic mass is 10.1. The number of alkyl halides is 3. The third-order valence-electron chi connectivity index (χ3n) is 4.86. The smallest absolute Gasteiger partial charge is 0.349 e. The van der Waals surface area contributed by atoms with Crippen LogP contribution in [0, 0.1) is 0 Å². The highest BCUT2D eigenvalue weighted by Gasteiger charge is 2.31. The van der Waals surface area contributed by atoms with Crippen LogP contribution in [0.4, 0.5) is 18.9 Å². The van der Waals surface area contributed by atoms with E-state index < -0.39 is 17.6 Å². The van der Waals surface area contributed by atoms with Gasteiger partial charge in [-0.2, -0.15) is 13.2 Å². The van der Waals surface area contributed by atoms with E-state index in [9.17, 15) is 22.8 Å². The first kappa shape index (κ1) is 22.6. The van der Waals surface area contributed by atoms with Crippen LogP contribution in [0.25, 0.3) is 6.08 Å². The molecule has 0 spiro atoms. The first-order valence-corrected chi connectivity index (χ1v) is 10.8. The molecule has 4 rings (SSSR count). The number of hydrogen-bond acceptors (Lipinski definition) is 4. The summed E-state index contributed by atoms with van der Waals surface area (Å²) in [6.07, 6.45) is -1.28. The van der Waals surface area contributed by atoms with Gasteiger partial charge in [0.25, 0.3) is 5.91 Å². The highest BCUT2D eigenvalue weighted by atomic mass is 32.2. The highest BCUT2D eigenvalue weighted by Crippen LogP contribution is 2.42. The lowest BCUT2D eigenvalue weighted by Crippen LogP contribution is -2.42. The predicted octanol–water partition coefficient (Wildman–Crippen LogP) is 4.90. The number of fused-ring (bicyclic) bond motifs is 1. The first-order chi connectivity index (χ1) is 15.8. The molecule has 3 aromatic rings. The van der Waals surface area contributed by atoms with E-state index in [1.54, 1.807) is 30.5 Å². The van der Waals surface area contributed by atoms with Gasteiger partial charge in [-0.15, -0.1) is 0 Å². The van der Waals surface area contributed by atoms with Crippen LogP contribution in [0.2, 0.25) is 0 Å². The Labute approximate surface area is 192 Å². The lowest BCUT2D eigenvalue weighted by Gasteiger charge is -2.29. The second-order valence-electron chi connectivity index (χ2n) is 7.19. The third kappa shape index (κ3) is 5.43. The molecule has 0 saturated heterocycles. The summed E-state index contributed by atoms with van der Waals surface area (Å²) in [6.45, 7) is 0.0277. The summed E-state index contributed by atoms with van der Waals surface area (Å²) in [7, 11) is 0. The molecule has 1 aliphatic rings. The fraction of sp³-hybridized carbons (Fsp3) is 0.125. The Kier molecular flexibility index (Phi) is 6.50. The average Bonchev–Trinajstić information content (AvgIpc) is 2.81. The fourth-order valence-corrected chi connectivity index (χ4v) is 4.29. The van der Waals surface area contributed by atoms with Crippen molar-refractivity contribution in [2.75, 3.05) is 11.4 Å². The normalized spacial score (nSPS) is 14.8. The van der Waals surface area contributed by atoms with E-state index in [1.807, 2.05) is 18.2 Å². The molecule has 33 heavy (non-hydrogen) atoms. The van der Waals surface area contributed by atoms with Crippen molar-refractivity contribution in [3.63, 3.8) is 0 Å². The molecule has 2 amide bonds. The van der Waals surface area contributed by atoms with E-state index in [2.05, 4.69) is 10.3 Å². The molecule has 0 unspecified atom stereocenters. The Balaban J connectivity index is 1.55. The molecule has 2 heterocycles. The molecule has 168 valence electrons. The van der Waals surface area contributed by atoms with E-state index in [0.29, 0.717) is 21.8 Å². The molecule has 1 aromatic heterocycles. The van der Waals surface area contributed by atoms with Crippen molar-refractivity contribution in [3.8, 4) is 0 Å². The van der Waals surface area contributed by atoms with Crippen molar-refractivity contribution in [1.82, 2.24) is 10.3 Å². The molecule has 0 atom stereocenters.